The van der Waals surface area contributed by atoms with Gasteiger partial charge in [-0.05, 0) is 42.3 Å². The summed E-state index contributed by atoms with van der Waals surface area (Å²) >= 11 is 5.91. The van der Waals surface area contributed by atoms with E-state index in [9.17, 15) is 9.50 Å². The van der Waals surface area contributed by atoms with Crippen LogP contribution in [0.5, 0.6) is 0 Å². The van der Waals surface area contributed by atoms with Crippen LogP contribution in [0.4, 0.5) is 4.39 Å². The molecule has 0 heterocycles. The summed E-state index contributed by atoms with van der Waals surface area (Å²) in [7, 11) is 0. The molecule has 94 valence electrons. The van der Waals surface area contributed by atoms with E-state index in [0.717, 1.165) is 11.1 Å². The van der Waals surface area contributed by atoms with E-state index in [4.69, 9.17) is 11.6 Å². The molecule has 0 aliphatic heterocycles. The fourth-order valence-electron chi connectivity index (χ4n) is 1.93. The Labute approximate surface area is 111 Å². The van der Waals surface area contributed by atoms with Crippen molar-refractivity contribution < 1.29 is 9.50 Å². The number of halogens is 2. The lowest BCUT2D eigenvalue weighted by Crippen LogP contribution is -2.24. The Balaban J connectivity index is 2.23. The van der Waals surface area contributed by atoms with Gasteiger partial charge in [0.25, 0.3) is 0 Å². The molecule has 1 atom stereocenters. The Bertz CT molecular complexity index is 534. The molecule has 0 aliphatic rings. The number of aliphatic hydroxyl groups is 1. The van der Waals surface area contributed by atoms with Gasteiger partial charge in [-0.25, -0.2) is 4.39 Å². The zero-order valence-electron chi connectivity index (χ0n) is 10.0. The predicted octanol–water partition coefficient (Wildman–Crippen LogP) is 3.93. The summed E-state index contributed by atoms with van der Waals surface area (Å²) in [6, 6.07) is 13.3. The molecule has 2 aromatic carbocycles. The molecule has 0 spiro atoms. The van der Waals surface area contributed by atoms with Gasteiger partial charge in [0.05, 0.1) is 5.60 Å². The normalized spacial score (nSPS) is 14.2. The maximum absolute atomic E-state index is 12.8. The second-order valence-corrected chi connectivity index (χ2v) is 5.02. The van der Waals surface area contributed by atoms with Gasteiger partial charge in [-0.3, -0.25) is 0 Å². The standard InChI is InChI=1S/C15H14ClFO/c1-15(18,12-3-2-4-13(16)9-12)10-11-5-7-14(17)8-6-11/h2-9,18H,10H2,1H3. The number of hydrogen-bond donors (Lipinski definition) is 1. The summed E-state index contributed by atoms with van der Waals surface area (Å²) in [6.45, 7) is 1.72. The van der Waals surface area contributed by atoms with Crippen LogP contribution in [0.1, 0.15) is 18.1 Å². The second kappa shape index (κ2) is 5.09. The lowest BCUT2D eigenvalue weighted by molar-refractivity contribution is 0.0576. The van der Waals surface area contributed by atoms with Crippen LogP contribution >= 0.6 is 11.6 Å². The molecule has 2 aromatic rings. The highest BCUT2D eigenvalue weighted by Gasteiger charge is 2.23. The minimum Gasteiger partial charge on any atom is -0.385 e. The minimum absolute atomic E-state index is 0.277. The summed E-state index contributed by atoms with van der Waals surface area (Å²) in [5.41, 5.74) is 0.601. The second-order valence-electron chi connectivity index (χ2n) is 4.59. The van der Waals surface area contributed by atoms with Gasteiger partial charge in [0.2, 0.25) is 0 Å². The van der Waals surface area contributed by atoms with Crippen molar-refractivity contribution in [1.29, 1.82) is 0 Å². The van der Waals surface area contributed by atoms with Gasteiger partial charge >= 0.3 is 0 Å². The summed E-state index contributed by atoms with van der Waals surface area (Å²) in [5, 5.41) is 11.1. The molecule has 0 bridgehead atoms. The average Bonchev–Trinajstić information content (AvgIpc) is 2.32. The maximum atomic E-state index is 12.8. The molecule has 0 aromatic heterocycles. The molecule has 0 amide bonds. The van der Waals surface area contributed by atoms with E-state index in [1.54, 1.807) is 37.3 Å². The van der Waals surface area contributed by atoms with Gasteiger partial charge in [0, 0.05) is 11.4 Å². The van der Waals surface area contributed by atoms with Crippen LogP contribution in [0, 0.1) is 5.82 Å². The third-order valence-corrected chi connectivity index (χ3v) is 3.14. The third kappa shape index (κ3) is 3.09. The van der Waals surface area contributed by atoms with Crippen molar-refractivity contribution in [2.24, 2.45) is 0 Å². The van der Waals surface area contributed by atoms with Crippen LogP contribution < -0.4 is 0 Å². The molecule has 0 radical (unpaired) electrons. The predicted molar refractivity (Wildman–Crippen MR) is 71.1 cm³/mol. The van der Waals surface area contributed by atoms with Crippen LogP contribution in [0.15, 0.2) is 48.5 Å². The summed E-state index contributed by atoms with van der Waals surface area (Å²) in [4.78, 5) is 0. The molecule has 1 N–H and O–H groups in total. The Morgan fingerprint density at radius 2 is 1.83 bits per heavy atom. The van der Waals surface area contributed by atoms with Gasteiger partial charge in [-0.2, -0.15) is 0 Å². The SMILES string of the molecule is CC(O)(Cc1ccc(F)cc1)c1cccc(Cl)c1. The highest BCUT2D eigenvalue weighted by molar-refractivity contribution is 6.30. The largest absolute Gasteiger partial charge is 0.385 e. The van der Waals surface area contributed by atoms with Crippen molar-refractivity contribution in [1.82, 2.24) is 0 Å². The summed E-state index contributed by atoms with van der Waals surface area (Å²) in [5.74, 6) is -0.277. The fraction of sp³-hybridized carbons (Fsp3) is 0.200. The maximum Gasteiger partial charge on any atom is 0.123 e. The van der Waals surface area contributed by atoms with Crippen LogP contribution in [0.3, 0.4) is 0 Å². The lowest BCUT2D eigenvalue weighted by Gasteiger charge is -2.24. The van der Waals surface area contributed by atoms with Gasteiger partial charge in [0.15, 0.2) is 0 Å². The van der Waals surface area contributed by atoms with Crippen molar-refractivity contribution in [2.75, 3.05) is 0 Å². The van der Waals surface area contributed by atoms with Crippen molar-refractivity contribution >= 4 is 11.6 Å². The van der Waals surface area contributed by atoms with E-state index < -0.39 is 5.60 Å². The molecule has 1 nitrogen and oxygen atoms in total. The van der Waals surface area contributed by atoms with Crippen LogP contribution in [0.2, 0.25) is 5.02 Å². The monoisotopic (exact) mass is 264 g/mol. The molecule has 18 heavy (non-hydrogen) atoms. The zero-order valence-corrected chi connectivity index (χ0v) is 10.8. The van der Waals surface area contributed by atoms with Gasteiger partial charge in [-0.1, -0.05) is 35.9 Å². The number of benzene rings is 2. The highest BCUT2D eigenvalue weighted by Crippen LogP contribution is 2.27. The Hall–Kier alpha value is -1.38. The molecule has 0 saturated carbocycles. The van der Waals surface area contributed by atoms with Gasteiger partial charge in [0.1, 0.15) is 5.82 Å². The minimum atomic E-state index is -1.03. The van der Waals surface area contributed by atoms with E-state index in [-0.39, 0.29) is 5.82 Å². The van der Waals surface area contributed by atoms with E-state index in [0.29, 0.717) is 11.4 Å². The van der Waals surface area contributed by atoms with Crippen molar-refractivity contribution in [3.05, 3.63) is 70.5 Å². The molecule has 2 rings (SSSR count). The summed E-state index contributed by atoms with van der Waals surface area (Å²) in [6.07, 6.45) is 0.410. The smallest absolute Gasteiger partial charge is 0.123 e. The molecular weight excluding hydrogens is 251 g/mol. The van der Waals surface area contributed by atoms with Gasteiger partial charge in [-0.15, -0.1) is 0 Å². The van der Waals surface area contributed by atoms with Gasteiger partial charge < -0.3 is 5.11 Å². The first-order valence-electron chi connectivity index (χ1n) is 5.70. The Morgan fingerprint density at radius 3 is 2.44 bits per heavy atom. The Morgan fingerprint density at radius 1 is 1.17 bits per heavy atom. The van der Waals surface area contributed by atoms with E-state index in [2.05, 4.69) is 0 Å². The van der Waals surface area contributed by atoms with Crippen molar-refractivity contribution in [2.45, 2.75) is 18.9 Å². The third-order valence-electron chi connectivity index (χ3n) is 2.91. The quantitative estimate of drug-likeness (QED) is 0.891. The Kier molecular flexibility index (Phi) is 3.69. The van der Waals surface area contributed by atoms with E-state index in [1.165, 1.54) is 12.1 Å². The first-order valence-corrected chi connectivity index (χ1v) is 6.08. The van der Waals surface area contributed by atoms with E-state index >= 15 is 0 Å². The highest BCUT2D eigenvalue weighted by atomic mass is 35.5. The fourth-order valence-corrected chi connectivity index (χ4v) is 2.12. The molecule has 3 heteroatoms. The molecular formula is C15H14ClFO. The molecule has 0 fully saturated rings. The first-order chi connectivity index (χ1) is 8.47. The average molecular weight is 265 g/mol. The number of hydrogen-bond acceptors (Lipinski definition) is 1. The van der Waals surface area contributed by atoms with Crippen LogP contribution in [0.25, 0.3) is 0 Å². The molecule has 0 saturated heterocycles. The number of rotatable bonds is 3. The lowest BCUT2D eigenvalue weighted by atomic mass is 9.89. The molecule has 0 aliphatic carbocycles. The topological polar surface area (TPSA) is 20.2 Å². The zero-order chi connectivity index (χ0) is 13.2. The molecule has 1 unspecified atom stereocenters. The van der Waals surface area contributed by atoms with E-state index in [1.807, 2.05) is 6.07 Å². The first kappa shape index (κ1) is 13.1. The van der Waals surface area contributed by atoms with Crippen LogP contribution in [-0.4, -0.2) is 5.11 Å². The van der Waals surface area contributed by atoms with Crippen molar-refractivity contribution in [3.8, 4) is 0 Å². The van der Waals surface area contributed by atoms with Crippen LogP contribution in [-0.2, 0) is 12.0 Å². The summed E-state index contributed by atoms with van der Waals surface area (Å²) < 4.78 is 12.8. The van der Waals surface area contributed by atoms with Crippen molar-refractivity contribution in [3.63, 3.8) is 0 Å².